The molecule has 0 aliphatic heterocycles. The first-order valence-electron chi connectivity index (χ1n) is 7.43. The summed E-state index contributed by atoms with van der Waals surface area (Å²) in [7, 11) is 2.23. The fourth-order valence-electron chi connectivity index (χ4n) is 2.82. The monoisotopic (exact) mass is 314 g/mol. The van der Waals surface area contributed by atoms with Gasteiger partial charge in [-0.05, 0) is 46.4 Å². The van der Waals surface area contributed by atoms with Gasteiger partial charge >= 0.3 is 0 Å². The molecule has 1 aliphatic carbocycles. The Morgan fingerprint density at radius 2 is 2.35 bits per heavy atom. The van der Waals surface area contributed by atoms with Crippen LogP contribution in [0.15, 0.2) is 5.38 Å². The number of nitrogens with zero attached hydrogens (tertiary/aromatic N) is 2. The molecular formula is C15H26N2OS2. The van der Waals surface area contributed by atoms with Crippen LogP contribution in [-0.2, 0) is 11.3 Å². The molecule has 0 aromatic carbocycles. The van der Waals surface area contributed by atoms with Gasteiger partial charge < -0.3 is 4.74 Å². The van der Waals surface area contributed by atoms with E-state index in [1.807, 2.05) is 18.7 Å². The van der Waals surface area contributed by atoms with E-state index < -0.39 is 0 Å². The van der Waals surface area contributed by atoms with Crippen LogP contribution < -0.4 is 0 Å². The van der Waals surface area contributed by atoms with E-state index in [2.05, 4.69) is 30.5 Å². The minimum Gasteiger partial charge on any atom is -0.372 e. The molecule has 5 heteroatoms. The number of ether oxygens (including phenoxy) is 1. The lowest BCUT2D eigenvalue weighted by Crippen LogP contribution is -2.29. The minimum atomic E-state index is 0.122. The van der Waals surface area contributed by atoms with Crippen molar-refractivity contribution < 1.29 is 4.74 Å². The smallest absolute Gasteiger partial charge is 0.122 e. The van der Waals surface area contributed by atoms with E-state index in [1.165, 1.54) is 25.0 Å². The number of rotatable bonds is 7. The maximum absolute atomic E-state index is 5.61. The summed E-state index contributed by atoms with van der Waals surface area (Å²) in [4.78, 5) is 7.20. The highest BCUT2D eigenvalue weighted by Gasteiger charge is 2.27. The van der Waals surface area contributed by atoms with Gasteiger partial charge in [-0.1, -0.05) is 0 Å². The molecule has 0 N–H and O–H groups in total. The van der Waals surface area contributed by atoms with Gasteiger partial charge in [-0.15, -0.1) is 11.3 Å². The van der Waals surface area contributed by atoms with E-state index in [9.17, 15) is 0 Å². The Labute approximate surface area is 131 Å². The van der Waals surface area contributed by atoms with E-state index in [1.54, 1.807) is 11.3 Å². The number of aromatic nitrogens is 1. The maximum atomic E-state index is 5.61. The molecule has 0 spiro atoms. The van der Waals surface area contributed by atoms with Gasteiger partial charge in [0.2, 0.25) is 0 Å². The molecule has 1 aromatic heterocycles. The molecule has 1 heterocycles. The second-order valence-electron chi connectivity index (χ2n) is 5.51. The summed E-state index contributed by atoms with van der Waals surface area (Å²) in [6.07, 6.45) is 6.36. The van der Waals surface area contributed by atoms with E-state index in [-0.39, 0.29) is 6.10 Å². The lowest BCUT2D eigenvalue weighted by molar-refractivity contribution is 0.0760. The summed E-state index contributed by atoms with van der Waals surface area (Å²) in [5.41, 5.74) is 1.19. The van der Waals surface area contributed by atoms with Gasteiger partial charge in [-0.2, -0.15) is 11.8 Å². The molecule has 3 nitrogen and oxygen atoms in total. The summed E-state index contributed by atoms with van der Waals surface area (Å²) >= 11 is 3.74. The van der Waals surface area contributed by atoms with Crippen molar-refractivity contribution in [2.75, 3.05) is 19.9 Å². The molecule has 114 valence electrons. The fourth-order valence-corrected chi connectivity index (χ4v) is 4.42. The van der Waals surface area contributed by atoms with Crippen LogP contribution in [0.25, 0.3) is 0 Å². The zero-order chi connectivity index (χ0) is 14.5. The summed E-state index contributed by atoms with van der Waals surface area (Å²) < 4.78 is 5.61. The number of hydrogen-bond donors (Lipinski definition) is 0. The molecule has 0 saturated heterocycles. The quantitative estimate of drug-likeness (QED) is 0.761. The summed E-state index contributed by atoms with van der Waals surface area (Å²) in [5, 5.41) is 4.14. The molecule has 1 aliphatic rings. The van der Waals surface area contributed by atoms with Crippen molar-refractivity contribution >= 4 is 23.1 Å². The molecule has 2 rings (SSSR count). The molecular weight excluding hydrogens is 288 g/mol. The third-order valence-electron chi connectivity index (χ3n) is 4.06. The van der Waals surface area contributed by atoms with Gasteiger partial charge in [-0.25, -0.2) is 4.98 Å². The van der Waals surface area contributed by atoms with Crippen LogP contribution in [0.3, 0.4) is 0 Å². The number of hydrogen-bond acceptors (Lipinski definition) is 5. The van der Waals surface area contributed by atoms with Crippen molar-refractivity contribution in [1.29, 1.82) is 0 Å². The summed E-state index contributed by atoms with van der Waals surface area (Å²) in [5.74, 6) is 0. The second kappa shape index (κ2) is 7.78. The van der Waals surface area contributed by atoms with Crippen LogP contribution in [0.4, 0.5) is 0 Å². The molecule has 1 saturated carbocycles. The average molecular weight is 315 g/mol. The first-order valence-corrected chi connectivity index (χ1v) is 9.59. The molecule has 1 fully saturated rings. The Kier molecular flexibility index (Phi) is 6.33. The van der Waals surface area contributed by atoms with Crippen LogP contribution in [0, 0.1) is 0 Å². The lowest BCUT2D eigenvalue weighted by atomic mass is 10.2. The van der Waals surface area contributed by atoms with Crippen molar-refractivity contribution in [3.63, 3.8) is 0 Å². The van der Waals surface area contributed by atoms with Gasteiger partial charge in [0.15, 0.2) is 0 Å². The fraction of sp³-hybridized carbons (Fsp3) is 0.800. The van der Waals surface area contributed by atoms with Crippen LogP contribution in [0.1, 0.15) is 49.9 Å². The Bertz CT molecular complexity index is 410. The molecule has 0 amide bonds. The average Bonchev–Trinajstić information content (AvgIpc) is 3.07. The summed E-state index contributed by atoms with van der Waals surface area (Å²) in [6, 6.07) is 0.724. The van der Waals surface area contributed by atoms with Gasteiger partial charge in [0.25, 0.3) is 0 Å². The van der Waals surface area contributed by atoms with Crippen molar-refractivity contribution in [3.8, 4) is 0 Å². The van der Waals surface area contributed by atoms with Gasteiger partial charge in [-0.3, -0.25) is 4.90 Å². The largest absolute Gasteiger partial charge is 0.372 e. The standard InChI is InChI=1S/C15H26N2OS2/c1-5-18-11(2)15-16-12(10-20-15)9-17(3)13-6-7-14(8-13)19-4/h10-11,13-14H,5-9H2,1-4H3/t11-,13+,14+/m1/s1. The number of thiazole rings is 1. The highest BCUT2D eigenvalue weighted by atomic mass is 32.2. The van der Waals surface area contributed by atoms with Gasteiger partial charge in [0.1, 0.15) is 11.1 Å². The van der Waals surface area contributed by atoms with E-state index in [0.29, 0.717) is 0 Å². The first-order chi connectivity index (χ1) is 9.63. The van der Waals surface area contributed by atoms with Gasteiger partial charge in [0, 0.05) is 29.8 Å². The molecule has 1 aromatic rings. The molecule has 0 unspecified atom stereocenters. The zero-order valence-electron chi connectivity index (χ0n) is 13.0. The van der Waals surface area contributed by atoms with Crippen molar-refractivity contribution in [2.24, 2.45) is 0 Å². The normalized spacial score (nSPS) is 24.4. The third kappa shape index (κ3) is 4.20. The second-order valence-corrected chi connectivity index (χ2v) is 7.54. The number of thioether (sulfide) groups is 1. The first kappa shape index (κ1) is 16.3. The predicted octanol–water partition coefficient (Wildman–Crippen LogP) is 3.96. The predicted molar refractivity (Wildman–Crippen MR) is 88.6 cm³/mol. The van der Waals surface area contributed by atoms with Crippen LogP contribution in [0.2, 0.25) is 0 Å². The Balaban J connectivity index is 1.87. The van der Waals surface area contributed by atoms with Crippen LogP contribution in [0.5, 0.6) is 0 Å². The topological polar surface area (TPSA) is 25.4 Å². The Hall–Kier alpha value is -0.100. The molecule has 0 radical (unpaired) electrons. The molecule has 20 heavy (non-hydrogen) atoms. The minimum absolute atomic E-state index is 0.122. The SMILES string of the molecule is CCO[C@H](C)c1nc(CN(C)[C@H]2CC[C@H](SC)C2)cs1. The van der Waals surface area contributed by atoms with E-state index >= 15 is 0 Å². The zero-order valence-corrected chi connectivity index (χ0v) is 14.6. The van der Waals surface area contributed by atoms with Crippen molar-refractivity contribution in [2.45, 2.75) is 57.1 Å². The van der Waals surface area contributed by atoms with Crippen LogP contribution >= 0.6 is 23.1 Å². The molecule has 3 atom stereocenters. The van der Waals surface area contributed by atoms with Crippen LogP contribution in [-0.4, -0.2) is 41.1 Å². The van der Waals surface area contributed by atoms with Crippen molar-refractivity contribution in [1.82, 2.24) is 9.88 Å². The Morgan fingerprint density at radius 1 is 1.55 bits per heavy atom. The third-order valence-corrected chi connectivity index (χ3v) is 6.21. The van der Waals surface area contributed by atoms with E-state index in [4.69, 9.17) is 9.72 Å². The molecule has 0 bridgehead atoms. The Morgan fingerprint density at radius 3 is 3.00 bits per heavy atom. The lowest BCUT2D eigenvalue weighted by Gasteiger charge is -2.23. The summed E-state index contributed by atoms with van der Waals surface area (Å²) in [6.45, 7) is 5.81. The van der Waals surface area contributed by atoms with E-state index in [0.717, 1.165) is 29.5 Å². The van der Waals surface area contributed by atoms with Crippen molar-refractivity contribution in [3.05, 3.63) is 16.1 Å². The van der Waals surface area contributed by atoms with Gasteiger partial charge in [0.05, 0.1) is 5.69 Å². The maximum Gasteiger partial charge on any atom is 0.122 e. The highest BCUT2D eigenvalue weighted by molar-refractivity contribution is 7.99. The highest BCUT2D eigenvalue weighted by Crippen LogP contribution is 2.31.